The lowest BCUT2D eigenvalue weighted by Crippen LogP contribution is -2.10. The van der Waals surface area contributed by atoms with Crippen LogP contribution < -0.4 is 10.6 Å². The number of alkyl halides is 3. The van der Waals surface area contributed by atoms with Crippen LogP contribution in [0.25, 0.3) is 0 Å². The van der Waals surface area contributed by atoms with E-state index in [9.17, 15) is 17.6 Å². The van der Waals surface area contributed by atoms with Gasteiger partial charge < -0.3 is 10.6 Å². The summed E-state index contributed by atoms with van der Waals surface area (Å²) in [5, 5.41) is 5.38. The summed E-state index contributed by atoms with van der Waals surface area (Å²) in [6.45, 7) is 1.66. The third-order valence-electron chi connectivity index (χ3n) is 3.47. The van der Waals surface area contributed by atoms with E-state index in [0.717, 1.165) is 6.07 Å². The quantitative estimate of drug-likeness (QED) is 0.608. The highest BCUT2D eigenvalue weighted by molar-refractivity contribution is 5.63. The lowest BCUT2D eigenvalue weighted by Gasteiger charge is -2.14. The van der Waals surface area contributed by atoms with Crippen molar-refractivity contribution in [1.82, 2.24) is 9.97 Å². The maximum Gasteiger partial charge on any atom is 0.418 e. The minimum absolute atomic E-state index is 0.0273. The third kappa shape index (κ3) is 4.08. The molecule has 4 nitrogen and oxygen atoms in total. The van der Waals surface area contributed by atoms with Crippen molar-refractivity contribution in [3.8, 4) is 0 Å². The molecule has 1 aromatic heterocycles. The molecule has 0 saturated heterocycles. The summed E-state index contributed by atoms with van der Waals surface area (Å²) in [6, 6.07) is 12.6. The van der Waals surface area contributed by atoms with Gasteiger partial charge in [0.1, 0.15) is 11.6 Å². The Morgan fingerprint density at radius 1 is 0.846 bits per heavy atom. The Morgan fingerprint density at radius 3 is 2.19 bits per heavy atom. The van der Waals surface area contributed by atoms with Gasteiger partial charge in [-0.1, -0.05) is 24.3 Å². The first-order valence-electron chi connectivity index (χ1n) is 7.63. The zero-order chi connectivity index (χ0) is 18.7. The van der Waals surface area contributed by atoms with Crippen LogP contribution in [0.15, 0.2) is 54.6 Å². The molecular weight excluding hydrogens is 348 g/mol. The van der Waals surface area contributed by atoms with Crippen LogP contribution in [0.5, 0.6) is 0 Å². The van der Waals surface area contributed by atoms with Gasteiger partial charge in [-0.15, -0.1) is 0 Å². The van der Waals surface area contributed by atoms with Gasteiger partial charge in [0.05, 0.1) is 16.9 Å². The second-order valence-corrected chi connectivity index (χ2v) is 5.49. The number of benzene rings is 2. The molecule has 134 valence electrons. The Hall–Kier alpha value is -3.16. The Bertz CT molecular complexity index is 925. The molecule has 0 aliphatic heterocycles. The van der Waals surface area contributed by atoms with E-state index in [4.69, 9.17) is 0 Å². The van der Waals surface area contributed by atoms with Crippen molar-refractivity contribution in [2.45, 2.75) is 13.1 Å². The highest BCUT2D eigenvalue weighted by Crippen LogP contribution is 2.35. The Balaban J connectivity index is 1.91. The monoisotopic (exact) mass is 362 g/mol. The number of rotatable bonds is 4. The van der Waals surface area contributed by atoms with Crippen molar-refractivity contribution in [2.75, 3.05) is 10.6 Å². The van der Waals surface area contributed by atoms with Gasteiger partial charge in [-0.2, -0.15) is 18.2 Å². The number of hydrogen-bond donors (Lipinski definition) is 2. The van der Waals surface area contributed by atoms with Crippen LogP contribution in [0.3, 0.4) is 0 Å². The molecule has 3 aromatic rings. The summed E-state index contributed by atoms with van der Waals surface area (Å²) in [5.41, 5.74) is -0.283. The van der Waals surface area contributed by atoms with Crippen molar-refractivity contribution < 1.29 is 17.6 Å². The first kappa shape index (κ1) is 17.7. The third-order valence-corrected chi connectivity index (χ3v) is 3.47. The SMILES string of the molecule is Cc1cc(Nc2ccccc2F)nc(Nc2ccccc2C(F)(F)F)n1. The van der Waals surface area contributed by atoms with Gasteiger partial charge in [0, 0.05) is 11.8 Å². The zero-order valence-corrected chi connectivity index (χ0v) is 13.6. The van der Waals surface area contributed by atoms with Crippen molar-refractivity contribution in [3.05, 3.63) is 71.7 Å². The topological polar surface area (TPSA) is 49.8 Å². The molecule has 0 bridgehead atoms. The van der Waals surface area contributed by atoms with E-state index >= 15 is 0 Å². The maximum absolute atomic E-state index is 13.8. The van der Waals surface area contributed by atoms with Crippen LogP contribution in [0.4, 0.5) is 40.7 Å². The maximum atomic E-state index is 13.8. The summed E-state index contributed by atoms with van der Waals surface area (Å²) in [6.07, 6.45) is -4.51. The number of aryl methyl sites for hydroxylation is 1. The molecule has 0 radical (unpaired) electrons. The second kappa shape index (κ2) is 6.99. The van der Waals surface area contributed by atoms with E-state index in [0.29, 0.717) is 5.69 Å². The number of nitrogens with one attached hydrogen (secondary N) is 2. The molecule has 0 aliphatic carbocycles. The molecule has 0 spiro atoms. The fourth-order valence-electron chi connectivity index (χ4n) is 2.35. The number of nitrogens with zero attached hydrogens (tertiary/aromatic N) is 2. The molecule has 8 heteroatoms. The molecule has 2 N–H and O–H groups in total. The van der Waals surface area contributed by atoms with E-state index in [2.05, 4.69) is 20.6 Å². The fourth-order valence-corrected chi connectivity index (χ4v) is 2.35. The first-order valence-corrected chi connectivity index (χ1v) is 7.63. The summed E-state index contributed by atoms with van der Waals surface area (Å²) in [4.78, 5) is 8.21. The van der Waals surface area contributed by atoms with Crippen LogP contribution in [-0.4, -0.2) is 9.97 Å². The van der Waals surface area contributed by atoms with Crippen molar-refractivity contribution in [3.63, 3.8) is 0 Å². The molecule has 0 amide bonds. The molecule has 0 aliphatic rings. The van der Waals surface area contributed by atoms with E-state index in [1.165, 1.54) is 30.3 Å². The van der Waals surface area contributed by atoms with Crippen molar-refractivity contribution in [2.24, 2.45) is 0 Å². The van der Waals surface area contributed by atoms with Gasteiger partial charge in [-0.3, -0.25) is 0 Å². The number of anilines is 4. The standard InChI is InChI=1S/C18H14F4N4/c1-11-10-16(24-15-9-5-3-7-13(15)19)26-17(23-11)25-14-8-4-2-6-12(14)18(20,21)22/h2-10H,1H3,(H2,23,24,25,26). The highest BCUT2D eigenvalue weighted by atomic mass is 19.4. The van der Waals surface area contributed by atoms with Crippen LogP contribution in [0.1, 0.15) is 11.3 Å². The first-order chi connectivity index (χ1) is 12.3. The predicted octanol–water partition coefficient (Wildman–Crippen LogP) is 5.43. The van der Waals surface area contributed by atoms with Gasteiger partial charge >= 0.3 is 6.18 Å². The van der Waals surface area contributed by atoms with Crippen LogP contribution >= 0.6 is 0 Å². The second-order valence-electron chi connectivity index (χ2n) is 5.49. The largest absolute Gasteiger partial charge is 0.418 e. The summed E-state index contributed by atoms with van der Waals surface area (Å²) < 4.78 is 53.1. The molecular formula is C18H14F4N4. The number of aromatic nitrogens is 2. The van der Waals surface area contributed by atoms with Gasteiger partial charge in [0.2, 0.25) is 5.95 Å². The average Bonchev–Trinajstić information content (AvgIpc) is 2.56. The number of halogens is 4. The molecule has 1 heterocycles. The van der Waals surface area contributed by atoms with E-state index in [1.54, 1.807) is 25.1 Å². The van der Waals surface area contributed by atoms with Crippen LogP contribution in [0, 0.1) is 12.7 Å². The fraction of sp³-hybridized carbons (Fsp3) is 0.111. The van der Waals surface area contributed by atoms with Crippen LogP contribution in [-0.2, 0) is 6.18 Å². The highest BCUT2D eigenvalue weighted by Gasteiger charge is 2.33. The molecule has 0 fully saturated rings. The van der Waals surface area contributed by atoms with Crippen molar-refractivity contribution >= 4 is 23.1 Å². The molecule has 2 aromatic carbocycles. The minimum Gasteiger partial charge on any atom is -0.338 e. The molecule has 0 saturated carbocycles. The average molecular weight is 362 g/mol. The lowest BCUT2D eigenvalue weighted by atomic mass is 10.1. The number of hydrogen-bond acceptors (Lipinski definition) is 4. The predicted molar refractivity (Wildman–Crippen MR) is 91.2 cm³/mol. The van der Waals surface area contributed by atoms with E-state index in [1.807, 2.05) is 0 Å². The van der Waals surface area contributed by atoms with E-state index in [-0.39, 0.29) is 23.1 Å². The van der Waals surface area contributed by atoms with Gasteiger partial charge in [-0.25, -0.2) is 9.37 Å². The van der Waals surface area contributed by atoms with Gasteiger partial charge in [0.25, 0.3) is 0 Å². The van der Waals surface area contributed by atoms with Gasteiger partial charge in [-0.05, 0) is 31.2 Å². The molecule has 0 atom stereocenters. The summed E-state index contributed by atoms with van der Waals surface area (Å²) in [7, 11) is 0. The summed E-state index contributed by atoms with van der Waals surface area (Å²) >= 11 is 0. The molecule has 0 unspecified atom stereocenters. The lowest BCUT2D eigenvalue weighted by molar-refractivity contribution is -0.136. The smallest absolute Gasteiger partial charge is 0.338 e. The number of para-hydroxylation sites is 2. The Kier molecular flexibility index (Phi) is 4.75. The minimum atomic E-state index is -4.51. The summed E-state index contributed by atoms with van der Waals surface area (Å²) in [5.74, 6) is -0.240. The zero-order valence-electron chi connectivity index (χ0n) is 13.6. The Labute approximate surface area is 146 Å². The Morgan fingerprint density at radius 2 is 1.50 bits per heavy atom. The van der Waals surface area contributed by atoms with Gasteiger partial charge in [0.15, 0.2) is 0 Å². The molecule has 3 rings (SSSR count). The van der Waals surface area contributed by atoms with Crippen LogP contribution in [0.2, 0.25) is 0 Å². The molecule has 26 heavy (non-hydrogen) atoms. The van der Waals surface area contributed by atoms with E-state index < -0.39 is 17.6 Å². The normalized spacial score (nSPS) is 11.3. The van der Waals surface area contributed by atoms with Crippen molar-refractivity contribution in [1.29, 1.82) is 0 Å².